The maximum Gasteiger partial charge on any atom is 0.237 e. The van der Waals surface area contributed by atoms with E-state index < -0.39 is 11.8 Å². The summed E-state index contributed by atoms with van der Waals surface area (Å²) >= 11 is 0. The van der Waals surface area contributed by atoms with Crippen LogP contribution in [0.15, 0.2) is 30.3 Å². The Hall–Kier alpha value is -2.67. The van der Waals surface area contributed by atoms with Crippen molar-refractivity contribution >= 4 is 28.5 Å². The second-order valence-electron chi connectivity index (χ2n) is 4.66. The molecule has 0 saturated carbocycles. The summed E-state index contributed by atoms with van der Waals surface area (Å²) < 4.78 is 0. The van der Waals surface area contributed by atoms with E-state index in [1.165, 1.54) is 4.90 Å². The van der Waals surface area contributed by atoms with Gasteiger partial charge in [0.25, 0.3) is 0 Å². The van der Waals surface area contributed by atoms with E-state index in [4.69, 9.17) is 17.2 Å². The molecule has 110 valence electrons. The molecule has 0 fully saturated rings. The number of rotatable bonds is 6. The van der Waals surface area contributed by atoms with Gasteiger partial charge in [0.15, 0.2) is 0 Å². The molecule has 1 heterocycles. The van der Waals surface area contributed by atoms with Crippen molar-refractivity contribution in [3.63, 3.8) is 0 Å². The molecule has 6 N–H and O–H groups in total. The number of aromatic nitrogens is 1. The monoisotopic (exact) mass is 287 g/mol. The number of amides is 2. The number of nitrogens with two attached hydrogens (primary N) is 3. The highest BCUT2D eigenvalue weighted by atomic mass is 16.2. The highest BCUT2D eigenvalue weighted by molar-refractivity contribution is 5.87. The predicted octanol–water partition coefficient (Wildman–Crippen LogP) is -0.529. The molecule has 0 unspecified atom stereocenters. The molecular formula is C14H17N5O2. The number of carbonyl (C=O) groups is 2. The topological polar surface area (TPSA) is 128 Å². The number of benzene rings is 1. The summed E-state index contributed by atoms with van der Waals surface area (Å²) in [5.74, 6) is -0.697. The smallest absolute Gasteiger partial charge is 0.237 e. The van der Waals surface area contributed by atoms with Crippen LogP contribution in [0.4, 0.5) is 5.82 Å². The lowest BCUT2D eigenvalue weighted by molar-refractivity contribution is -0.117. The molecule has 0 aliphatic carbocycles. The third-order valence-corrected chi connectivity index (χ3v) is 2.99. The summed E-state index contributed by atoms with van der Waals surface area (Å²) in [6, 6.07) is 9.39. The zero-order valence-electron chi connectivity index (χ0n) is 11.5. The maximum absolute atomic E-state index is 11.2. The standard InChI is InChI=1S/C14H17N5O2/c15-6-10-5-9-3-1-2-4-11(9)18-14(10)19(7-12(16)20)8-13(17)21/h1-5H,6-8,15H2,(H2,16,20)(H2,17,21). The number of anilines is 1. The Morgan fingerprint density at radius 3 is 2.29 bits per heavy atom. The molecule has 0 bridgehead atoms. The van der Waals surface area contributed by atoms with E-state index in [1.807, 2.05) is 30.3 Å². The van der Waals surface area contributed by atoms with Crippen molar-refractivity contribution < 1.29 is 9.59 Å². The second-order valence-corrected chi connectivity index (χ2v) is 4.66. The highest BCUT2D eigenvalue weighted by Gasteiger charge is 2.17. The van der Waals surface area contributed by atoms with Crippen LogP contribution in [-0.2, 0) is 16.1 Å². The zero-order valence-corrected chi connectivity index (χ0v) is 11.5. The van der Waals surface area contributed by atoms with Gasteiger partial charge in [-0.1, -0.05) is 18.2 Å². The number of fused-ring (bicyclic) bond motifs is 1. The van der Waals surface area contributed by atoms with Gasteiger partial charge in [0.1, 0.15) is 5.82 Å². The van der Waals surface area contributed by atoms with Gasteiger partial charge in [0, 0.05) is 17.5 Å². The molecular weight excluding hydrogens is 270 g/mol. The molecule has 1 aromatic carbocycles. The van der Waals surface area contributed by atoms with Crippen LogP contribution in [-0.4, -0.2) is 29.9 Å². The van der Waals surface area contributed by atoms with E-state index >= 15 is 0 Å². The molecule has 2 rings (SSSR count). The fourth-order valence-corrected chi connectivity index (χ4v) is 2.16. The number of hydrogen-bond acceptors (Lipinski definition) is 5. The first-order chi connectivity index (χ1) is 10.0. The average molecular weight is 287 g/mol. The molecule has 21 heavy (non-hydrogen) atoms. The molecule has 0 aliphatic heterocycles. The van der Waals surface area contributed by atoms with Crippen molar-refractivity contribution in [1.29, 1.82) is 0 Å². The highest BCUT2D eigenvalue weighted by Crippen LogP contribution is 2.23. The average Bonchev–Trinajstić information content (AvgIpc) is 2.44. The first kappa shape index (κ1) is 14.7. The van der Waals surface area contributed by atoms with E-state index in [9.17, 15) is 9.59 Å². The van der Waals surface area contributed by atoms with E-state index in [-0.39, 0.29) is 19.6 Å². The largest absolute Gasteiger partial charge is 0.368 e. The third-order valence-electron chi connectivity index (χ3n) is 2.99. The summed E-state index contributed by atoms with van der Waals surface area (Å²) in [6.07, 6.45) is 0. The molecule has 0 atom stereocenters. The summed E-state index contributed by atoms with van der Waals surface area (Å²) in [7, 11) is 0. The van der Waals surface area contributed by atoms with E-state index in [2.05, 4.69) is 4.98 Å². The van der Waals surface area contributed by atoms with Gasteiger partial charge >= 0.3 is 0 Å². The van der Waals surface area contributed by atoms with Gasteiger partial charge in [0.05, 0.1) is 18.6 Å². The van der Waals surface area contributed by atoms with Crippen molar-refractivity contribution in [2.75, 3.05) is 18.0 Å². The van der Waals surface area contributed by atoms with Gasteiger partial charge in [-0.05, 0) is 12.1 Å². The van der Waals surface area contributed by atoms with Crippen LogP contribution in [0.5, 0.6) is 0 Å². The number of carbonyl (C=O) groups excluding carboxylic acids is 2. The van der Waals surface area contributed by atoms with Gasteiger partial charge in [-0.25, -0.2) is 4.98 Å². The summed E-state index contributed by atoms with van der Waals surface area (Å²) in [6.45, 7) is -0.0796. The predicted molar refractivity (Wildman–Crippen MR) is 80.2 cm³/mol. The van der Waals surface area contributed by atoms with Crippen molar-refractivity contribution in [2.45, 2.75) is 6.54 Å². The Balaban J connectivity index is 2.53. The van der Waals surface area contributed by atoms with Crippen LogP contribution in [0.2, 0.25) is 0 Å². The van der Waals surface area contributed by atoms with Crippen molar-refractivity contribution in [2.24, 2.45) is 17.2 Å². The molecule has 0 spiro atoms. The number of primary amides is 2. The minimum absolute atomic E-state index is 0.152. The van der Waals surface area contributed by atoms with Crippen molar-refractivity contribution in [3.05, 3.63) is 35.9 Å². The van der Waals surface area contributed by atoms with Crippen LogP contribution in [0.25, 0.3) is 10.9 Å². The number of hydrogen-bond donors (Lipinski definition) is 3. The second kappa shape index (κ2) is 6.19. The molecule has 7 nitrogen and oxygen atoms in total. The lowest BCUT2D eigenvalue weighted by Gasteiger charge is -2.23. The normalized spacial score (nSPS) is 10.5. The van der Waals surface area contributed by atoms with Crippen LogP contribution in [0.3, 0.4) is 0 Å². The van der Waals surface area contributed by atoms with E-state index in [0.29, 0.717) is 5.82 Å². The Morgan fingerprint density at radius 2 is 1.71 bits per heavy atom. The van der Waals surface area contributed by atoms with Crippen LogP contribution in [0, 0.1) is 0 Å². The number of nitrogens with zero attached hydrogens (tertiary/aromatic N) is 2. The molecule has 0 radical (unpaired) electrons. The fraction of sp³-hybridized carbons (Fsp3) is 0.214. The Labute approximate surface area is 121 Å². The summed E-state index contributed by atoms with van der Waals surface area (Å²) in [5, 5.41) is 0.930. The number of pyridine rings is 1. The van der Waals surface area contributed by atoms with Gasteiger partial charge in [-0.15, -0.1) is 0 Å². The maximum atomic E-state index is 11.2. The minimum Gasteiger partial charge on any atom is -0.368 e. The minimum atomic E-state index is -0.575. The Kier molecular flexibility index (Phi) is 4.34. The first-order valence-corrected chi connectivity index (χ1v) is 6.41. The molecule has 0 aliphatic rings. The first-order valence-electron chi connectivity index (χ1n) is 6.41. The van der Waals surface area contributed by atoms with Gasteiger partial charge in [-0.3, -0.25) is 9.59 Å². The van der Waals surface area contributed by atoms with Gasteiger partial charge in [-0.2, -0.15) is 0 Å². The summed E-state index contributed by atoms with van der Waals surface area (Å²) in [4.78, 5) is 28.3. The number of para-hydroxylation sites is 1. The third kappa shape index (κ3) is 3.46. The van der Waals surface area contributed by atoms with Crippen LogP contribution >= 0.6 is 0 Å². The van der Waals surface area contributed by atoms with Crippen molar-refractivity contribution in [1.82, 2.24) is 4.98 Å². The molecule has 0 saturated heterocycles. The van der Waals surface area contributed by atoms with E-state index in [0.717, 1.165) is 16.5 Å². The Morgan fingerprint density at radius 1 is 1.10 bits per heavy atom. The van der Waals surface area contributed by atoms with Crippen LogP contribution < -0.4 is 22.1 Å². The molecule has 7 heteroatoms. The lowest BCUT2D eigenvalue weighted by Crippen LogP contribution is -2.40. The fourth-order valence-electron chi connectivity index (χ4n) is 2.16. The SMILES string of the molecule is NCc1cc2ccccc2nc1N(CC(N)=O)CC(N)=O. The van der Waals surface area contributed by atoms with Gasteiger partial charge < -0.3 is 22.1 Å². The molecule has 1 aromatic heterocycles. The molecule has 2 amide bonds. The lowest BCUT2D eigenvalue weighted by atomic mass is 10.1. The Bertz CT molecular complexity index is 670. The van der Waals surface area contributed by atoms with Gasteiger partial charge in [0.2, 0.25) is 11.8 Å². The molecule has 2 aromatic rings. The van der Waals surface area contributed by atoms with Crippen LogP contribution in [0.1, 0.15) is 5.56 Å². The van der Waals surface area contributed by atoms with Crippen molar-refractivity contribution in [3.8, 4) is 0 Å². The summed E-state index contributed by atoms with van der Waals surface area (Å²) in [5.41, 5.74) is 17.6. The van der Waals surface area contributed by atoms with E-state index in [1.54, 1.807) is 0 Å². The quantitative estimate of drug-likeness (QED) is 0.658. The zero-order chi connectivity index (χ0) is 15.4.